The highest BCUT2D eigenvalue weighted by atomic mass is 16.4. The van der Waals surface area contributed by atoms with Crippen molar-refractivity contribution in [2.75, 3.05) is 0 Å². The average molecular weight is 365 g/mol. The molecule has 142 valence electrons. The second kappa shape index (κ2) is 11.4. The molecule has 0 saturated carbocycles. The molecule has 0 amide bonds. The fourth-order valence-electron chi connectivity index (χ4n) is 2.10. The van der Waals surface area contributed by atoms with Gasteiger partial charge in [0.25, 0.3) is 0 Å². The third-order valence-corrected chi connectivity index (χ3v) is 3.39. The van der Waals surface area contributed by atoms with Gasteiger partial charge >= 0.3 is 5.97 Å². The van der Waals surface area contributed by atoms with Crippen molar-refractivity contribution in [3.63, 3.8) is 0 Å². The van der Waals surface area contributed by atoms with E-state index < -0.39 is 5.97 Å². The molecule has 0 saturated heterocycles. The van der Waals surface area contributed by atoms with Crippen LogP contribution in [0, 0.1) is 5.92 Å². The minimum absolute atomic E-state index is 0.217. The lowest BCUT2D eigenvalue weighted by molar-refractivity contribution is -0.132. The first-order valence-electron chi connectivity index (χ1n) is 8.69. The van der Waals surface area contributed by atoms with Gasteiger partial charge in [-0.05, 0) is 38.0 Å². The molecule has 2 N–H and O–H groups in total. The van der Waals surface area contributed by atoms with Crippen molar-refractivity contribution in [3.05, 3.63) is 83.7 Å². The summed E-state index contributed by atoms with van der Waals surface area (Å²) in [6.45, 7) is 11.4. The van der Waals surface area contributed by atoms with E-state index in [0.717, 1.165) is 11.3 Å². The highest BCUT2D eigenvalue weighted by Crippen LogP contribution is 2.05. The van der Waals surface area contributed by atoms with Gasteiger partial charge in [0, 0.05) is 16.8 Å². The molecule has 0 aliphatic carbocycles. The van der Waals surface area contributed by atoms with E-state index in [9.17, 15) is 4.79 Å². The summed E-state index contributed by atoms with van der Waals surface area (Å²) < 4.78 is 0. The van der Waals surface area contributed by atoms with Crippen molar-refractivity contribution in [2.24, 2.45) is 15.9 Å². The molecule has 0 atom stereocenters. The Kier molecular flexibility index (Phi) is 9.23. The summed E-state index contributed by atoms with van der Waals surface area (Å²) >= 11 is 0. The van der Waals surface area contributed by atoms with E-state index in [0.29, 0.717) is 17.5 Å². The largest absolute Gasteiger partial charge is 0.478 e. The number of nitrogens with one attached hydrogen (secondary N) is 1. The molecule has 0 aliphatic rings. The molecular formula is C22H27N3O2. The number of carboxylic acids is 1. The Morgan fingerprint density at radius 3 is 2.41 bits per heavy atom. The number of hydrogen-bond donors (Lipinski definition) is 2. The average Bonchev–Trinajstić information content (AvgIpc) is 2.63. The smallest absolute Gasteiger partial charge is 0.331 e. The summed E-state index contributed by atoms with van der Waals surface area (Å²) in [6.07, 6.45) is 8.14. The number of hydrogen-bond acceptors (Lipinski definition) is 2. The van der Waals surface area contributed by atoms with Crippen molar-refractivity contribution in [2.45, 2.75) is 27.7 Å². The van der Waals surface area contributed by atoms with Gasteiger partial charge in [0.05, 0.1) is 5.70 Å². The molecule has 1 aromatic carbocycles. The van der Waals surface area contributed by atoms with E-state index >= 15 is 0 Å². The number of benzene rings is 1. The van der Waals surface area contributed by atoms with Crippen molar-refractivity contribution in [3.8, 4) is 0 Å². The normalized spacial score (nSPS) is 14.0. The molecule has 0 heterocycles. The van der Waals surface area contributed by atoms with E-state index in [2.05, 4.69) is 41.8 Å². The third-order valence-electron chi connectivity index (χ3n) is 3.39. The van der Waals surface area contributed by atoms with E-state index in [1.165, 1.54) is 25.4 Å². The minimum atomic E-state index is -0.973. The van der Waals surface area contributed by atoms with Gasteiger partial charge in [-0.1, -0.05) is 56.8 Å². The molecule has 0 spiro atoms. The van der Waals surface area contributed by atoms with Gasteiger partial charge in [-0.3, -0.25) is 0 Å². The summed E-state index contributed by atoms with van der Waals surface area (Å²) in [5, 5.41) is 12.2. The predicted molar refractivity (Wildman–Crippen MR) is 113 cm³/mol. The molecular weight excluding hydrogens is 338 g/mol. The molecule has 5 heteroatoms. The summed E-state index contributed by atoms with van der Waals surface area (Å²) in [6, 6.07) is 9.76. The zero-order chi connectivity index (χ0) is 20.2. The number of nitrogens with zero attached hydrogens (tertiary/aromatic N) is 2. The fraction of sp³-hybridized carbons (Fsp3) is 0.227. The van der Waals surface area contributed by atoms with Gasteiger partial charge in [0.15, 0.2) is 0 Å². The van der Waals surface area contributed by atoms with Crippen LogP contribution in [0.3, 0.4) is 0 Å². The van der Waals surface area contributed by atoms with Gasteiger partial charge in [-0.25, -0.2) is 14.8 Å². The highest BCUT2D eigenvalue weighted by molar-refractivity contribution is 6.03. The second-order valence-corrected chi connectivity index (χ2v) is 6.26. The maximum absolute atomic E-state index is 10.8. The molecule has 27 heavy (non-hydrogen) atoms. The van der Waals surface area contributed by atoms with Crippen LogP contribution < -0.4 is 5.32 Å². The lowest BCUT2D eigenvalue weighted by atomic mass is 10.1. The second-order valence-electron chi connectivity index (χ2n) is 6.26. The minimum Gasteiger partial charge on any atom is -0.478 e. The van der Waals surface area contributed by atoms with Crippen LogP contribution >= 0.6 is 0 Å². The van der Waals surface area contributed by atoms with Gasteiger partial charge in [-0.15, -0.1) is 0 Å². The Balaban J connectivity index is 3.11. The lowest BCUT2D eigenvalue weighted by Crippen LogP contribution is -2.23. The standard InChI is InChI=1S/C22H27N3O2/c1-6-20(13-12-17(4)22(26)27)23-15-24-21(19-10-8-7-9-11-19)25-18(5)14-16(2)3/h6-16H,1H2,2-5H3,(H,26,27)(H,23,24,25)/b17-12+,18-14+,20-13+. The molecule has 0 radical (unpaired) electrons. The number of rotatable bonds is 8. The molecule has 1 rings (SSSR count). The number of carbonyl (C=O) groups is 1. The molecule has 1 aromatic rings. The van der Waals surface area contributed by atoms with Crippen molar-refractivity contribution >= 4 is 18.1 Å². The summed E-state index contributed by atoms with van der Waals surface area (Å²) in [4.78, 5) is 19.5. The molecule has 0 aromatic heterocycles. The van der Waals surface area contributed by atoms with E-state index in [1.807, 2.05) is 37.3 Å². The highest BCUT2D eigenvalue weighted by Gasteiger charge is 2.03. The number of amidine groups is 1. The monoisotopic (exact) mass is 365 g/mol. The Bertz CT molecular complexity index is 798. The van der Waals surface area contributed by atoms with Gasteiger partial charge in [0.1, 0.15) is 12.2 Å². The zero-order valence-corrected chi connectivity index (χ0v) is 16.3. The molecule has 0 bridgehead atoms. The van der Waals surface area contributed by atoms with E-state index in [4.69, 9.17) is 5.11 Å². The van der Waals surface area contributed by atoms with Crippen molar-refractivity contribution < 1.29 is 9.90 Å². The van der Waals surface area contributed by atoms with Crippen LogP contribution in [0.25, 0.3) is 0 Å². The van der Waals surface area contributed by atoms with Gasteiger partial charge in [0.2, 0.25) is 0 Å². The first-order valence-corrected chi connectivity index (χ1v) is 8.69. The zero-order valence-electron chi connectivity index (χ0n) is 16.3. The Labute approximate surface area is 161 Å². The van der Waals surface area contributed by atoms with Crippen molar-refractivity contribution in [1.82, 2.24) is 5.32 Å². The fourth-order valence-corrected chi connectivity index (χ4v) is 2.10. The van der Waals surface area contributed by atoms with E-state index in [1.54, 1.807) is 6.08 Å². The molecule has 0 aliphatic heterocycles. The maximum atomic E-state index is 10.8. The topological polar surface area (TPSA) is 74.0 Å². The van der Waals surface area contributed by atoms with E-state index in [-0.39, 0.29) is 5.57 Å². The Morgan fingerprint density at radius 2 is 1.85 bits per heavy atom. The van der Waals surface area contributed by atoms with Crippen molar-refractivity contribution in [1.29, 1.82) is 0 Å². The lowest BCUT2D eigenvalue weighted by Gasteiger charge is -2.10. The number of aliphatic carboxylic acids is 1. The Morgan fingerprint density at radius 1 is 1.19 bits per heavy atom. The molecule has 0 unspecified atom stereocenters. The number of aliphatic imine (C=N–C) groups is 2. The van der Waals surface area contributed by atoms with Gasteiger partial charge < -0.3 is 10.4 Å². The van der Waals surface area contributed by atoms with Crippen LogP contribution in [-0.4, -0.2) is 23.2 Å². The quantitative estimate of drug-likeness (QED) is 0.303. The van der Waals surface area contributed by atoms with Crippen LogP contribution in [0.5, 0.6) is 0 Å². The third kappa shape index (κ3) is 8.63. The SMILES string of the molecule is C=C/C(=C\C=C(/C)C(=O)O)N=CN=C(N/C(C)=C/C(C)C)c1ccccc1. The van der Waals surface area contributed by atoms with Crippen LogP contribution in [-0.2, 0) is 4.79 Å². The first kappa shape index (κ1) is 21.8. The molecule has 5 nitrogen and oxygen atoms in total. The molecule has 0 fully saturated rings. The summed E-state index contributed by atoms with van der Waals surface area (Å²) in [5.74, 6) is 0.122. The van der Waals surface area contributed by atoms with Crippen LogP contribution in [0.1, 0.15) is 33.3 Å². The number of carboxylic acid groups (broad SMARTS) is 1. The van der Waals surface area contributed by atoms with Crippen LogP contribution in [0.15, 0.2) is 88.2 Å². The predicted octanol–water partition coefficient (Wildman–Crippen LogP) is 4.71. The van der Waals surface area contributed by atoms with Crippen LogP contribution in [0.2, 0.25) is 0 Å². The maximum Gasteiger partial charge on any atom is 0.331 e. The first-order chi connectivity index (χ1) is 12.8. The Hall–Kier alpha value is -3.21. The summed E-state index contributed by atoms with van der Waals surface area (Å²) in [5.41, 5.74) is 2.67. The summed E-state index contributed by atoms with van der Waals surface area (Å²) in [7, 11) is 0. The number of allylic oxidation sites excluding steroid dienone is 5. The van der Waals surface area contributed by atoms with Crippen LogP contribution in [0.4, 0.5) is 0 Å². The van der Waals surface area contributed by atoms with Gasteiger partial charge in [-0.2, -0.15) is 0 Å².